The molecule has 0 atom stereocenters. The van der Waals surface area contributed by atoms with E-state index in [9.17, 15) is 8.42 Å². The highest BCUT2D eigenvalue weighted by molar-refractivity contribution is 7.86. The first kappa shape index (κ1) is 17.6. The lowest BCUT2D eigenvalue weighted by molar-refractivity contribution is 0.250. The van der Waals surface area contributed by atoms with Gasteiger partial charge in [0.1, 0.15) is 0 Å². The Morgan fingerprint density at radius 1 is 1.40 bits per heavy atom. The van der Waals surface area contributed by atoms with Crippen LogP contribution in [0.15, 0.2) is 12.7 Å². The summed E-state index contributed by atoms with van der Waals surface area (Å²) >= 11 is 0. The molecule has 0 saturated carbocycles. The van der Waals surface area contributed by atoms with Crippen LogP contribution in [0.3, 0.4) is 0 Å². The van der Waals surface area contributed by atoms with Crippen molar-refractivity contribution in [2.24, 2.45) is 5.92 Å². The van der Waals surface area contributed by atoms with E-state index in [1.165, 1.54) is 4.31 Å². The lowest BCUT2D eigenvalue weighted by atomic mass is 9.98. The molecule has 0 radical (unpaired) electrons. The van der Waals surface area contributed by atoms with Gasteiger partial charge in [-0.1, -0.05) is 26.8 Å². The second-order valence-corrected chi connectivity index (χ2v) is 7.58. The van der Waals surface area contributed by atoms with E-state index in [1.54, 1.807) is 10.4 Å². The molecule has 0 amide bonds. The highest BCUT2D eigenvalue weighted by Gasteiger charge is 2.31. The van der Waals surface area contributed by atoms with Crippen molar-refractivity contribution in [3.63, 3.8) is 0 Å². The smallest absolute Gasteiger partial charge is 0.282 e. The topological polar surface area (TPSA) is 52.7 Å². The zero-order chi connectivity index (χ0) is 15.2. The van der Waals surface area contributed by atoms with Gasteiger partial charge in [0, 0.05) is 32.2 Å². The van der Waals surface area contributed by atoms with Crippen LogP contribution in [0.25, 0.3) is 0 Å². The Morgan fingerprint density at radius 3 is 2.45 bits per heavy atom. The van der Waals surface area contributed by atoms with Gasteiger partial charge in [-0.15, -0.1) is 6.58 Å². The predicted molar refractivity (Wildman–Crippen MR) is 83.8 cm³/mol. The molecule has 0 aromatic carbocycles. The van der Waals surface area contributed by atoms with Gasteiger partial charge in [-0.05, 0) is 25.3 Å². The second kappa shape index (κ2) is 8.12. The van der Waals surface area contributed by atoms with Crippen LogP contribution in [0.2, 0.25) is 0 Å². The number of hydrogen-bond acceptors (Lipinski definition) is 3. The third-order valence-electron chi connectivity index (χ3n) is 3.73. The van der Waals surface area contributed by atoms with Crippen LogP contribution in [-0.2, 0) is 10.2 Å². The molecule has 0 unspecified atom stereocenters. The van der Waals surface area contributed by atoms with Crippen molar-refractivity contribution in [1.82, 2.24) is 13.9 Å². The molecule has 6 heteroatoms. The average Bonchev–Trinajstić information content (AvgIpc) is 2.42. The Hall–Kier alpha value is -0.430. The molecule has 0 aromatic heterocycles. The minimum Gasteiger partial charge on any atom is -0.314 e. The lowest BCUT2D eigenvalue weighted by Crippen LogP contribution is -2.48. The molecule has 0 spiro atoms. The number of likely N-dealkylation sites (N-methyl/N-ethyl adjacent to an activating group) is 1. The molecule has 0 aromatic rings. The van der Waals surface area contributed by atoms with Crippen LogP contribution in [0.5, 0.6) is 0 Å². The Labute approximate surface area is 124 Å². The summed E-state index contributed by atoms with van der Waals surface area (Å²) < 4.78 is 28.0. The van der Waals surface area contributed by atoms with Crippen LogP contribution in [0, 0.1) is 5.92 Å². The molecule has 118 valence electrons. The average molecular weight is 303 g/mol. The van der Waals surface area contributed by atoms with Crippen LogP contribution in [0.1, 0.15) is 33.6 Å². The summed E-state index contributed by atoms with van der Waals surface area (Å²) in [6.45, 7) is 12.9. The third-order valence-corrected chi connectivity index (χ3v) is 5.80. The first-order valence-corrected chi connectivity index (χ1v) is 8.91. The van der Waals surface area contributed by atoms with E-state index < -0.39 is 10.2 Å². The standard InChI is InChI=1S/C14H29N3O2S/c1-5-9-16(6-2)20(18,19)17-10-7-14(8-11-17)12-15-13(3)4/h5,13-15H,1,6-12H2,2-4H3. The van der Waals surface area contributed by atoms with Crippen molar-refractivity contribution in [3.05, 3.63) is 12.7 Å². The summed E-state index contributed by atoms with van der Waals surface area (Å²) in [6.07, 6.45) is 3.51. The van der Waals surface area contributed by atoms with Gasteiger partial charge in [-0.2, -0.15) is 17.0 Å². The summed E-state index contributed by atoms with van der Waals surface area (Å²) in [6, 6.07) is 0.486. The molecule has 5 nitrogen and oxygen atoms in total. The van der Waals surface area contributed by atoms with E-state index >= 15 is 0 Å². The Balaban J connectivity index is 2.53. The van der Waals surface area contributed by atoms with E-state index in [2.05, 4.69) is 25.7 Å². The molecule has 0 aliphatic carbocycles. The first-order chi connectivity index (χ1) is 9.41. The number of nitrogens with zero attached hydrogens (tertiary/aromatic N) is 2. The molecule has 1 saturated heterocycles. The molecule has 0 bridgehead atoms. The van der Waals surface area contributed by atoms with Crippen LogP contribution in [-0.4, -0.2) is 55.8 Å². The number of rotatable bonds is 8. The van der Waals surface area contributed by atoms with Crippen molar-refractivity contribution in [1.29, 1.82) is 0 Å². The van der Waals surface area contributed by atoms with Crippen LogP contribution < -0.4 is 5.32 Å². The third kappa shape index (κ3) is 4.84. The highest BCUT2D eigenvalue weighted by Crippen LogP contribution is 2.21. The Morgan fingerprint density at radius 2 is 2.00 bits per heavy atom. The van der Waals surface area contributed by atoms with Crippen molar-refractivity contribution in [3.8, 4) is 0 Å². The molecule has 20 heavy (non-hydrogen) atoms. The minimum atomic E-state index is -3.32. The summed E-state index contributed by atoms with van der Waals surface area (Å²) in [5.41, 5.74) is 0. The van der Waals surface area contributed by atoms with E-state index in [4.69, 9.17) is 0 Å². The van der Waals surface area contributed by atoms with Gasteiger partial charge in [0.25, 0.3) is 10.2 Å². The molecule has 1 rings (SSSR count). The molecule has 1 aliphatic rings. The predicted octanol–water partition coefficient (Wildman–Crippen LogP) is 1.45. The van der Waals surface area contributed by atoms with E-state index in [0.29, 0.717) is 38.1 Å². The van der Waals surface area contributed by atoms with Gasteiger partial charge >= 0.3 is 0 Å². The summed E-state index contributed by atoms with van der Waals surface area (Å²) in [4.78, 5) is 0. The van der Waals surface area contributed by atoms with E-state index in [-0.39, 0.29) is 0 Å². The molecule has 1 N–H and O–H groups in total. The van der Waals surface area contributed by atoms with Crippen molar-refractivity contribution in [2.45, 2.75) is 39.7 Å². The maximum atomic E-state index is 12.5. The van der Waals surface area contributed by atoms with Crippen LogP contribution in [0.4, 0.5) is 0 Å². The zero-order valence-electron chi connectivity index (χ0n) is 13.0. The number of nitrogens with one attached hydrogen (secondary N) is 1. The van der Waals surface area contributed by atoms with Gasteiger partial charge in [0.05, 0.1) is 0 Å². The lowest BCUT2D eigenvalue weighted by Gasteiger charge is -2.34. The summed E-state index contributed by atoms with van der Waals surface area (Å²) in [5.74, 6) is 0.582. The van der Waals surface area contributed by atoms with E-state index in [0.717, 1.165) is 19.4 Å². The monoisotopic (exact) mass is 303 g/mol. The largest absolute Gasteiger partial charge is 0.314 e. The molecular formula is C14H29N3O2S. The first-order valence-electron chi connectivity index (χ1n) is 7.51. The van der Waals surface area contributed by atoms with E-state index in [1.807, 2.05) is 6.92 Å². The fraction of sp³-hybridized carbons (Fsp3) is 0.857. The van der Waals surface area contributed by atoms with Crippen molar-refractivity contribution >= 4 is 10.2 Å². The minimum absolute atomic E-state index is 0.383. The number of piperidine rings is 1. The van der Waals surface area contributed by atoms with Crippen molar-refractivity contribution < 1.29 is 8.42 Å². The zero-order valence-corrected chi connectivity index (χ0v) is 13.8. The SMILES string of the molecule is C=CCN(CC)S(=O)(=O)N1CCC(CNC(C)C)CC1. The second-order valence-electron chi connectivity index (χ2n) is 5.65. The molecular weight excluding hydrogens is 274 g/mol. The van der Waals surface area contributed by atoms with Gasteiger partial charge < -0.3 is 5.32 Å². The Kier molecular flexibility index (Phi) is 7.15. The summed E-state index contributed by atoms with van der Waals surface area (Å²) in [5, 5.41) is 3.43. The fourth-order valence-electron chi connectivity index (χ4n) is 2.44. The maximum Gasteiger partial charge on any atom is 0.282 e. The van der Waals surface area contributed by atoms with Gasteiger partial charge in [0.15, 0.2) is 0 Å². The van der Waals surface area contributed by atoms with Gasteiger partial charge in [-0.3, -0.25) is 0 Å². The highest BCUT2D eigenvalue weighted by atomic mass is 32.2. The quantitative estimate of drug-likeness (QED) is 0.691. The molecule has 1 aliphatic heterocycles. The fourth-order valence-corrected chi connectivity index (χ4v) is 4.06. The Bertz CT molecular complexity index is 387. The van der Waals surface area contributed by atoms with Gasteiger partial charge in [0.2, 0.25) is 0 Å². The molecule has 1 heterocycles. The van der Waals surface area contributed by atoms with Crippen LogP contribution >= 0.6 is 0 Å². The normalized spacial score (nSPS) is 18.9. The molecule has 1 fully saturated rings. The maximum absolute atomic E-state index is 12.5. The summed E-state index contributed by atoms with van der Waals surface area (Å²) in [7, 11) is -3.32. The number of hydrogen-bond donors (Lipinski definition) is 1. The van der Waals surface area contributed by atoms with Crippen molar-refractivity contribution in [2.75, 3.05) is 32.7 Å². The van der Waals surface area contributed by atoms with Gasteiger partial charge in [-0.25, -0.2) is 0 Å².